The summed E-state index contributed by atoms with van der Waals surface area (Å²) in [6, 6.07) is 5.08. The molecule has 0 N–H and O–H groups in total. The van der Waals surface area contributed by atoms with Gasteiger partial charge in [0.05, 0.1) is 25.2 Å². The number of nitrogens with zero attached hydrogens (tertiary/aromatic N) is 2. The zero-order valence-electron chi connectivity index (χ0n) is 17.2. The van der Waals surface area contributed by atoms with Gasteiger partial charge in [0.2, 0.25) is 11.8 Å². The Balaban J connectivity index is 1.56. The lowest BCUT2D eigenvalue weighted by molar-refractivity contribution is -0.147. The Labute approximate surface area is 172 Å². The second-order valence-corrected chi connectivity index (χ2v) is 8.71. The van der Waals surface area contributed by atoms with Gasteiger partial charge < -0.3 is 14.5 Å². The fourth-order valence-electron chi connectivity index (χ4n) is 5.09. The zero-order valence-corrected chi connectivity index (χ0v) is 17.2. The first kappa shape index (κ1) is 20.3. The summed E-state index contributed by atoms with van der Waals surface area (Å²) >= 11 is 0. The summed E-state index contributed by atoms with van der Waals surface area (Å²) in [5.74, 6) is 0.00588. The van der Waals surface area contributed by atoms with Crippen LogP contribution in [0.3, 0.4) is 0 Å². The highest BCUT2D eigenvalue weighted by Gasteiger charge is 2.39. The molecule has 0 aromatic heterocycles. The van der Waals surface area contributed by atoms with Crippen molar-refractivity contribution < 1.29 is 18.7 Å². The number of hydrogen-bond donors (Lipinski definition) is 0. The summed E-state index contributed by atoms with van der Waals surface area (Å²) < 4.78 is 19.2. The molecule has 2 atom stereocenters. The molecule has 1 aliphatic carbocycles. The number of likely N-dealkylation sites (tertiary alicyclic amines) is 1. The number of halogens is 1. The molecule has 4 rings (SSSR count). The van der Waals surface area contributed by atoms with Crippen LogP contribution in [-0.4, -0.2) is 54.5 Å². The van der Waals surface area contributed by atoms with Gasteiger partial charge in [0.25, 0.3) is 0 Å². The molecule has 3 fully saturated rings. The van der Waals surface area contributed by atoms with Crippen molar-refractivity contribution in [1.29, 1.82) is 0 Å². The number of carbonyl (C=O) groups excluding carboxylic acids is 2. The quantitative estimate of drug-likeness (QED) is 0.778. The van der Waals surface area contributed by atoms with Gasteiger partial charge in [-0.15, -0.1) is 0 Å². The van der Waals surface area contributed by atoms with Crippen LogP contribution in [0.1, 0.15) is 55.7 Å². The van der Waals surface area contributed by atoms with E-state index in [-0.39, 0.29) is 35.5 Å². The van der Waals surface area contributed by atoms with Crippen molar-refractivity contribution in [2.24, 2.45) is 11.8 Å². The Morgan fingerprint density at radius 1 is 1.00 bits per heavy atom. The first-order valence-corrected chi connectivity index (χ1v) is 11.0. The van der Waals surface area contributed by atoms with Crippen LogP contribution in [0.25, 0.3) is 0 Å². The average Bonchev–Trinajstić information content (AvgIpc) is 3.30. The largest absolute Gasteiger partial charge is 0.378 e. The zero-order chi connectivity index (χ0) is 20.4. The van der Waals surface area contributed by atoms with E-state index in [1.54, 1.807) is 13.0 Å². The van der Waals surface area contributed by atoms with Gasteiger partial charge in [-0.3, -0.25) is 9.59 Å². The molecule has 2 amide bonds. The molecule has 6 heteroatoms. The maximum absolute atomic E-state index is 13.8. The van der Waals surface area contributed by atoms with Gasteiger partial charge in [-0.05, 0) is 49.8 Å². The van der Waals surface area contributed by atoms with Crippen molar-refractivity contribution in [3.8, 4) is 0 Å². The van der Waals surface area contributed by atoms with Crippen molar-refractivity contribution >= 4 is 11.8 Å². The number of amides is 2. The van der Waals surface area contributed by atoms with E-state index in [1.807, 2.05) is 15.9 Å². The molecular formula is C23H31FN2O3. The topological polar surface area (TPSA) is 49.9 Å². The Kier molecular flexibility index (Phi) is 6.18. The number of hydrogen-bond acceptors (Lipinski definition) is 3. The summed E-state index contributed by atoms with van der Waals surface area (Å²) in [5.41, 5.74) is 1.58. The van der Waals surface area contributed by atoms with Crippen LogP contribution in [0, 0.1) is 24.6 Å². The molecule has 5 nitrogen and oxygen atoms in total. The summed E-state index contributed by atoms with van der Waals surface area (Å²) in [6.07, 6.45) is 5.57. The molecule has 2 saturated heterocycles. The van der Waals surface area contributed by atoms with Gasteiger partial charge >= 0.3 is 0 Å². The van der Waals surface area contributed by atoms with Crippen molar-refractivity contribution in [1.82, 2.24) is 9.80 Å². The number of ether oxygens (including phenoxy) is 1. The number of carbonyl (C=O) groups is 2. The van der Waals surface area contributed by atoms with E-state index >= 15 is 0 Å². The van der Waals surface area contributed by atoms with Gasteiger partial charge in [0.15, 0.2) is 0 Å². The minimum Gasteiger partial charge on any atom is -0.378 e. The third-order valence-electron chi connectivity index (χ3n) is 6.81. The van der Waals surface area contributed by atoms with E-state index < -0.39 is 0 Å². The number of benzene rings is 1. The summed E-state index contributed by atoms with van der Waals surface area (Å²) in [4.78, 5) is 30.3. The molecule has 1 saturated carbocycles. The normalized spacial score (nSPS) is 26.0. The first-order valence-electron chi connectivity index (χ1n) is 11.0. The highest BCUT2D eigenvalue weighted by Crippen LogP contribution is 2.38. The molecular weight excluding hydrogens is 371 g/mol. The Morgan fingerprint density at radius 2 is 1.72 bits per heavy atom. The van der Waals surface area contributed by atoms with E-state index in [0.29, 0.717) is 38.4 Å². The van der Waals surface area contributed by atoms with Crippen molar-refractivity contribution in [3.63, 3.8) is 0 Å². The van der Waals surface area contributed by atoms with E-state index in [0.717, 1.165) is 44.1 Å². The molecule has 2 heterocycles. The average molecular weight is 403 g/mol. The molecule has 2 aliphatic heterocycles. The van der Waals surface area contributed by atoms with E-state index in [2.05, 4.69) is 0 Å². The molecule has 0 spiro atoms. The van der Waals surface area contributed by atoms with E-state index in [4.69, 9.17) is 4.74 Å². The maximum Gasteiger partial charge on any atom is 0.227 e. The van der Waals surface area contributed by atoms with Crippen LogP contribution in [0.4, 0.5) is 4.39 Å². The molecule has 1 aromatic carbocycles. The molecule has 1 aromatic rings. The first-order chi connectivity index (χ1) is 14.0. The predicted octanol–water partition coefficient (Wildman–Crippen LogP) is 3.46. The fraction of sp³-hybridized carbons (Fsp3) is 0.652. The highest BCUT2D eigenvalue weighted by molar-refractivity contribution is 5.83. The van der Waals surface area contributed by atoms with Crippen LogP contribution in [0.2, 0.25) is 0 Å². The summed E-state index contributed by atoms with van der Waals surface area (Å²) in [6.45, 7) is 4.66. The third-order valence-corrected chi connectivity index (χ3v) is 6.81. The van der Waals surface area contributed by atoms with Crippen LogP contribution in [-0.2, 0) is 14.3 Å². The minimum absolute atomic E-state index is 0.0660. The maximum atomic E-state index is 13.8. The lowest BCUT2D eigenvalue weighted by Crippen LogP contribution is -2.51. The lowest BCUT2D eigenvalue weighted by Gasteiger charge is -2.42. The summed E-state index contributed by atoms with van der Waals surface area (Å²) in [7, 11) is 0. The molecule has 0 unspecified atom stereocenters. The van der Waals surface area contributed by atoms with Crippen LogP contribution in [0.15, 0.2) is 18.2 Å². The van der Waals surface area contributed by atoms with Gasteiger partial charge in [-0.25, -0.2) is 4.39 Å². The van der Waals surface area contributed by atoms with Gasteiger partial charge in [-0.2, -0.15) is 0 Å². The number of aryl methyl sites for hydroxylation is 1. The van der Waals surface area contributed by atoms with Crippen molar-refractivity contribution in [2.45, 2.75) is 51.5 Å². The number of piperidine rings is 1. The standard InChI is InChI=1S/C23H31FN2O3/c1-16-14-18(6-8-20(16)24)21-9-7-19(22(27)25-10-12-29-13-11-25)15-26(21)23(28)17-4-2-3-5-17/h6,8,14,17,19,21H,2-5,7,9-13,15H2,1H3/t19-,21-/m0/s1. The lowest BCUT2D eigenvalue weighted by atomic mass is 9.86. The van der Waals surface area contributed by atoms with Gasteiger partial charge in [0.1, 0.15) is 5.82 Å². The van der Waals surface area contributed by atoms with Crippen LogP contribution in [0.5, 0.6) is 0 Å². The minimum atomic E-state index is -0.224. The van der Waals surface area contributed by atoms with Crippen molar-refractivity contribution in [3.05, 3.63) is 35.1 Å². The van der Waals surface area contributed by atoms with Crippen LogP contribution < -0.4 is 0 Å². The fourth-order valence-corrected chi connectivity index (χ4v) is 5.09. The monoisotopic (exact) mass is 402 g/mol. The van der Waals surface area contributed by atoms with Gasteiger partial charge in [0, 0.05) is 25.6 Å². The highest BCUT2D eigenvalue weighted by atomic mass is 19.1. The third kappa shape index (κ3) is 4.32. The SMILES string of the molecule is Cc1cc([C@@H]2CC[C@H](C(=O)N3CCOCC3)CN2C(=O)C2CCCC2)ccc1F. The second kappa shape index (κ2) is 8.82. The van der Waals surface area contributed by atoms with Gasteiger partial charge in [-0.1, -0.05) is 25.0 Å². The Bertz CT molecular complexity index is 756. The number of rotatable bonds is 3. The van der Waals surface area contributed by atoms with E-state index in [1.165, 1.54) is 6.07 Å². The molecule has 29 heavy (non-hydrogen) atoms. The predicted molar refractivity (Wildman–Crippen MR) is 108 cm³/mol. The Hall–Kier alpha value is -1.95. The molecule has 158 valence electrons. The van der Waals surface area contributed by atoms with Crippen LogP contribution >= 0.6 is 0 Å². The second-order valence-electron chi connectivity index (χ2n) is 8.71. The van der Waals surface area contributed by atoms with E-state index in [9.17, 15) is 14.0 Å². The molecule has 3 aliphatic rings. The smallest absolute Gasteiger partial charge is 0.227 e. The molecule has 0 radical (unpaired) electrons. The molecule has 0 bridgehead atoms. The Morgan fingerprint density at radius 3 is 2.41 bits per heavy atom. The summed E-state index contributed by atoms with van der Waals surface area (Å²) in [5, 5.41) is 0. The van der Waals surface area contributed by atoms with Crippen molar-refractivity contribution in [2.75, 3.05) is 32.8 Å². The number of morpholine rings is 1.